The second-order valence-electron chi connectivity index (χ2n) is 6.29. The molecule has 1 saturated heterocycles. The average Bonchev–Trinajstić information content (AvgIpc) is 3.27. The summed E-state index contributed by atoms with van der Waals surface area (Å²) < 4.78 is 20.2. The van der Waals surface area contributed by atoms with E-state index in [1.807, 2.05) is 24.3 Å². The molecule has 0 spiro atoms. The van der Waals surface area contributed by atoms with E-state index in [1.165, 1.54) is 6.07 Å². The van der Waals surface area contributed by atoms with Crippen molar-refractivity contribution in [3.8, 4) is 11.4 Å². The molecule has 4 rings (SSSR count). The van der Waals surface area contributed by atoms with Gasteiger partial charge < -0.3 is 9.42 Å². The highest BCUT2D eigenvalue weighted by Crippen LogP contribution is 2.34. The molecule has 0 radical (unpaired) electrons. The van der Waals surface area contributed by atoms with Crippen LogP contribution < -0.4 is 0 Å². The Bertz CT molecular complexity index is 991. The predicted octanol–water partition coefficient (Wildman–Crippen LogP) is 5.26. The van der Waals surface area contributed by atoms with Crippen LogP contribution in [-0.4, -0.2) is 20.9 Å². The van der Waals surface area contributed by atoms with Crippen molar-refractivity contribution < 1.29 is 13.7 Å². The minimum atomic E-state index is -0.357. The maximum absolute atomic E-state index is 13.4. The van der Waals surface area contributed by atoms with Gasteiger partial charge in [-0.05, 0) is 58.2 Å². The number of amides is 1. The summed E-state index contributed by atoms with van der Waals surface area (Å²) in [5, 5.41) is 4.01. The summed E-state index contributed by atoms with van der Waals surface area (Å²) in [5.41, 5.74) is 1.67. The fourth-order valence-corrected chi connectivity index (χ4v) is 3.74. The molecule has 1 aliphatic rings. The Morgan fingerprint density at radius 1 is 1.19 bits per heavy atom. The molecule has 1 aromatic heterocycles. The maximum atomic E-state index is 13.4. The van der Waals surface area contributed by atoms with Crippen LogP contribution in [0.25, 0.3) is 11.4 Å². The zero-order chi connectivity index (χ0) is 19.0. The Balaban J connectivity index is 1.58. The highest BCUT2D eigenvalue weighted by Gasteiger charge is 2.36. The number of carbonyl (C=O) groups excluding carboxylic acids is 1. The van der Waals surface area contributed by atoms with Gasteiger partial charge in [0.2, 0.25) is 17.6 Å². The summed E-state index contributed by atoms with van der Waals surface area (Å²) in [6, 6.07) is 12.1. The third kappa shape index (κ3) is 3.82. The maximum Gasteiger partial charge on any atom is 0.249 e. The molecule has 0 saturated carbocycles. The van der Waals surface area contributed by atoms with Gasteiger partial charge in [0.1, 0.15) is 11.9 Å². The van der Waals surface area contributed by atoms with Gasteiger partial charge in [0.25, 0.3) is 0 Å². The highest BCUT2D eigenvalue weighted by molar-refractivity contribution is 9.10. The molecule has 0 N–H and O–H groups in total. The number of hydrogen-bond acceptors (Lipinski definition) is 4. The lowest BCUT2D eigenvalue weighted by molar-refractivity contribution is -0.129. The van der Waals surface area contributed by atoms with Crippen molar-refractivity contribution in [2.24, 2.45) is 0 Å². The van der Waals surface area contributed by atoms with Gasteiger partial charge in [-0.25, -0.2) is 4.39 Å². The molecule has 138 valence electrons. The van der Waals surface area contributed by atoms with Crippen LogP contribution in [-0.2, 0) is 11.3 Å². The van der Waals surface area contributed by atoms with Crippen LogP contribution in [0.1, 0.15) is 30.3 Å². The van der Waals surface area contributed by atoms with Crippen LogP contribution in [0.15, 0.2) is 55.9 Å². The van der Waals surface area contributed by atoms with Crippen molar-refractivity contribution >= 4 is 37.8 Å². The number of halogens is 3. The zero-order valence-electron chi connectivity index (χ0n) is 14.0. The Hall–Kier alpha value is -2.06. The highest BCUT2D eigenvalue weighted by atomic mass is 79.9. The molecule has 0 bridgehead atoms. The SMILES string of the molecule is O=C1CCC(c2nc(-c3ccc(F)c(Br)c3)no2)N1Cc1ccc(Br)cc1. The summed E-state index contributed by atoms with van der Waals surface area (Å²) in [5.74, 6) is 0.471. The normalized spacial score (nSPS) is 16.9. The van der Waals surface area contributed by atoms with Gasteiger partial charge in [-0.2, -0.15) is 4.98 Å². The van der Waals surface area contributed by atoms with Crippen molar-refractivity contribution in [1.82, 2.24) is 15.0 Å². The van der Waals surface area contributed by atoms with Crippen molar-refractivity contribution in [3.05, 3.63) is 68.7 Å². The van der Waals surface area contributed by atoms with Gasteiger partial charge in [-0.3, -0.25) is 4.79 Å². The van der Waals surface area contributed by atoms with E-state index in [0.29, 0.717) is 41.1 Å². The van der Waals surface area contributed by atoms with E-state index in [1.54, 1.807) is 17.0 Å². The molecule has 1 amide bonds. The molecule has 0 aliphatic carbocycles. The van der Waals surface area contributed by atoms with Gasteiger partial charge in [-0.15, -0.1) is 0 Å². The molecule has 1 aliphatic heterocycles. The molecule has 1 atom stereocenters. The molecule has 1 unspecified atom stereocenters. The van der Waals surface area contributed by atoms with E-state index in [-0.39, 0.29) is 17.8 Å². The van der Waals surface area contributed by atoms with E-state index in [9.17, 15) is 9.18 Å². The molecule has 2 heterocycles. The zero-order valence-corrected chi connectivity index (χ0v) is 17.2. The van der Waals surface area contributed by atoms with Gasteiger partial charge in [0, 0.05) is 23.0 Å². The van der Waals surface area contributed by atoms with Crippen LogP contribution in [0.3, 0.4) is 0 Å². The lowest BCUT2D eigenvalue weighted by Gasteiger charge is -2.22. The molecule has 1 fully saturated rings. The lowest BCUT2D eigenvalue weighted by Crippen LogP contribution is -2.27. The number of benzene rings is 2. The average molecular weight is 495 g/mol. The van der Waals surface area contributed by atoms with Crippen LogP contribution in [0, 0.1) is 5.82 Å². The van der Waals surface area contributed by atoms with Gasteiger partial charge in [0.05, 0.1) is 4.47 Å². The summed E-state index contributed by atoms with van der Waals surface area (Å²) in [6.45, 7) is 0.483. The first kappa shape index (κ1) is 18.3. The predicted molar refractivity (Wildman–Crippen MR) is 104 cm³/mol. The fourth-order valence-electron chi connectivity index (χ4n) is 3.10. The quantitative estimate of drug-likeness (QED) is 0.496. The van der Waals surface area contributed by atoms with Gasteiger partial charge >= 0.3 is 0 Å². The minimum Gasteiger partial charge on any atom is -0.337 e. The smallest absolute Gasteiger partial charge is 0.249 e. The van der Waals surface area contributed by atoms with Crippen molar-refractivity contribution in [1.29, 1.82) is 0 Å². The molecule has 3 aromatic rings. The second kappa shape index (κ2) is 7.52. The number of rotatable bonds is 4. The summed E-state index contributed by atoms with van der Waals surface area (Å²) >= 11 is 6.57. The van der Waals surface area contributed by atoms with E-state index in [4.69, 9.17) is 4.52 Å². The first-order chi connectivity index (χ1) is 13.0. The molecule has 2 aromatic carbocycles. The Labute approximate surface area is 171 Å². The standard InChI is InChI=1S/C19H14Br2FN3O2/c20-13-4-1-11(2-5-13)10-25-16(7-8-17(25)26)19-23-18(24-27-19)12-3-6-15(22)14(21)9-12/h1-6,9,16H,7-8,10H2. The molecular formula is C19H14Br2FN3O2. The van der Waals surface area contributed by atoms with E-state index >= 15 is 0 Å². The second-order valence-corrected chi connectivity index (χ2v) is 8.06. The molecule has 8 heteroatoms. The Morgan fingerprint density at radius 2 is 1.96 bits per heavy atom. The van der Waals surface area contributed by atoms with Crippen LogP contribution in [0.5, 0.6) is 0 Å². The van der Waals surface area contributed by atoms with E-state index < -0.39 is 0 Å². The molecule has 5 nitrogen and oxygen atoms in total. The van der Waals surface area contributed by atoms with E-state index in [0.717, 1.165) is 10.0 Å². The summed E-state index contributed by atoms with van der Waals surface area (Å²) in [6.07, 6.45) is 1.07. The van der Waals surface area contributed by atoms with Gasteiger partial charge in [0.15, 0.2) is 0 Å². The van der Waals surface area contributed by atoms with Crippen LogP contribution in [0.4, 0.5) is 4.39 Å². The number of aromatic nitrogens is 2. The number of likely N-dealkylation sites (tertiary alicyclic amines) is 1. The lowest BCUT2D eigenvalue weighted by atomic mass is 10.1. The Morgan fingerprint density at radius 3 is 2.70 bits per heavy atom. The van der Waals surface area contributed by atoms with Crippen molar-refractivity contribution in [2.45, 2.75) is 25.4 Å². The molecular weight excluding hydrogens is 481 g/mol. The third-order valence-electron chi connectivity index (χ3n) is 4.50. The number of carbonyl (C=O) groups is 1. The first-order valence-electron chi connectivity index (χ1n) is 8.34. The van der Waals surface area contributed by atoms with Crippen molar-refractivity contribution in [2.75, 3.05) is 0 Å². The third-order valence-corrected chi connectivity index (χ3v) is 5.64. The van der Waals surface area contributed by atoms with Crippen LogP contribution in [0.2, 0.25) is 0 Å². The number of hydrogen-bond donors (Lipinski definition) is 0. The molecule has 27 heavy (non-hydrogen) atoms. The van der Waals surface area contributed by atoms with E-state index in [2.05, 4.69) is 42.0 Å². The van der Waals surface area contributed by atoms with Crippen LogP contribution >= 0.6 is 31.9 Å². The number of nitrogens with zero attached hydrogens (tertiary/aromatic N) is 3. The van der Waals surface area contributed by atoms with Crippen molar-refractivity contribution in [3.63, 3.8) is 0 Å². The minimum absolute atomic E-state index is 0.0622. The Kier molecular flexibility index (Phi) is 5.10. The fraction of sp³-hybridized carbons (Fsp3) is 0.211. The summed E-state index contributed by atoms with van der Waals surface area (Å²) in [4.78, 5) is 18.6. The summed E-state index contributed by atoms with van der Waals surface area (Å²) in [7, 11) is 0. The first-order valence-corrected chi connectivity index (χ1v) is 9.93. The van der Waals surface area contributed by atoms with Gasteiger partial charge in [-0.1, -0.05) is 33.2 Å². The monoisotopic (exact) mass is 493 g/mol. The largest absolute Gasteiger partial charge is 0.337 e. The topological polar surface area (TPSA) is 59.2 Å².